The number of rotatable bonds is 6. The smallest absolute Gasteiger partial charge is 0.148 e. The molecule has 3 heterocycles. The van der Waals surface area contributed by atoms with Crippen molar-refractivity contribution in [3.63, 3.8) is 0 Å². The van der Waals surface area contributed by atoms with Gasteiger partial charge in [0.2, 0.25) is 0 Å². The Hall–Kier alpha value is -6.55. The third-order valence-electron chi connectivity index (χ3n) is 11.9. The second-order valence-corrected chi connectivity index (χ2v) is 18.2. The van der Waals surface area contributed by atoms with Gasteiger partial charge >= 0.3 is 0 Å². The van der Waals surface area contributed by atoms with E-state index in [0.717, 1.165) is 83.3 Å². The molecule has 0 spiro atoms. The number of hydrogen-bond donors (Lipinski definition) is 1. The van der Waals surface area contributed by atoms with Crippen LogP contribution < -0.4 is 0 Å². The number of phenolic OH excluding ortho intramolecular Hbond substituents is 1. The van der Waals surface area contributed by atoms with E-state index in [9.17, 15) is 5.11 Å². The Labute approximate surface area is 387 Å². The Kier molecular flexibility index (Phi) is 9.67. The Morgan fingerprint density at radius 3 is 2.11 bits per heavy atom. The summed E-state index contributed by atoms with van der Waals surface area (Å²) in [6, 6.07) is 54.1. The van der Waals surface area contributed by atoms with Crippen LogP contribution in [0.15, 0.2) is 162 Å². The van der Waals surface area contributed by atoms with Crippen molar-refractivity contribution in [3.05, 3.63) is 181 Å². The summed E-state index contributed by atoms with van der Waals surface area (Å²) < 4.78 is 31.9. The Bertz CT molecular complexity index is 3450. The number of aromatic hydroxyl groups is 1. The maximum Gasteiger partial charge on any atom is 0.148 e. The van der Waals surface area contributed by atoms with Crippen molar-refractivity contribution in [2.24, 2.45) is 0 Å². The zero-order valence-electron chi connectivity index (χ0n) is 39.0. The molecule has 0 saturated carbocycles. The van der Waals surface area contributed by atoms with Crippen LogP contribution in [0, 0.1) is 12.9 Å². The third kappa shape index (κ3) is 7.70. The van der Waals surface area contributed by atoms with Crippen molar-refractivity contribution >= 4 is 33.0 Å². The minimum absolute atomic E-state index is 0. The molecule has 3 aromatic heterocycles. The number of pyridine rings is 1. The number of imidazole rings is 1. The van der Waals surface area contributed by atoms with Gasteiger partial charge in [0.25, 0.3) is 0 Å². The molecule has 0 saturated heterocycles. The fraction of sp³-hybridized carbons (Fsp3) is 0.158. The van der Waals surface area contributed by atoms with Crippen LogP contribution in [0.25, 0.3) is 94.7 Å². The molecule has 0 radical (unpaired) electrons. The van der Waals surface area contributed by atoms with Gasteiger partial charge in [0.05, 0.1) is 22.3 Å². The van der Waals surface area contributed by atoms with Crippen molar-refractivity contribution < 1.29 is 34.7 Å². The van der Waals surface area contributed by atoms with Crippen LogP contribution in [0.2, 0.25) is 0 Å². The van der Waals surface area contributed by atoms with E-state index in [1.807, 2.05) is 60.7 Å². The second kappa shape index (κ2) is 16.0. The van der Waals surface area contributed by atoms with E-state index >= 15 is 0 Å². The van der Waals surface area contributed by atoms with Gasteiger partial charge in [-0.3, -0.25) is 9.55 Å². The van der Waals surface area contributed by atoms with Gasteiger partial charge in [0.15, 0.2) is 0 Å². The molecule has 1 N–H and O–H groups in total. The van der Waals surface area contributed by atoms with Crippen molar-refractivity contribution in [1.29, 1.82) is 0 Å². The van der Waals surface area contributed by atoms with Gasteiger partial charge in [-0.2, -0.15) is 0 Å². The number of aryl methyl sites for hydroxylation is 1. The molecule has 0 aliphatic carbocycles. The maximum absolute atomic E-state index is 12.0. The van der Waals surface area contributed by atoms with Gasteiger partial charge in [-0.1, -0.05) is 155 Å². The molecular formula is C57H48N3O2Pt-. The average Bonchev–Trinajstić information content (AvgIpc) is 3.86. The molecule has 0 bridgehead atoms. The van der Waals surface area contributed by atoms with Crippen LogP contribution >= 0.6 is 0 Å². The first-order valence-corrected chi connectivity index (χ1v) is 21.0. The number of aromatic nitrogens is 3. The number of phenols is 1. The molecule has 0 fully saturated rings. The van der Waals surface area contributed by atoms with Crippen molar-refractivity contribution in [2.75, 3.05) is 0 Å². The summed E-state index contributed by atoms with van der Waals surface area (Å²) in [5.41, 5.74) is 14.0. The van der Waals surface area contributed by atoms with Crippen molar-refractivity contribution in [3.8, 4) is 67.5 Å². The van der Waals surface area contributed by atoms with Crippen LogP contribution in [-0.2, 0) is 31.9 Å². The number of nitrogens with zero attached hydrogens (tertiary/aromatic N) is 3. The van der Waals surface area contributed by atoms with Crippen LogP contribution in [0.3, 0.4) is 0 Å². The summed E-state index contributed by atoms with van der Waals surface area (Å²) in [6.07, 6.45) is 1.79. The predicted molar refractivity (Wildman–Crippen MR) is 256 cm³/mol. The van der Waals surface area contributed by atoms with E-state index in [0.29, 0.717) is 22.5 Å². The molecular weight excluding hydrogens is 954 g/mol. The number of hydrogen-bond acceptors (Lipinski definition) is 4. The maximum atomic E-state index is 12.0. The molecule has 0 aliphatic rings. The molecule has 0 amide bonds. The Balaban J connectivity index is 0.00000548. The zero-order valence-corrected chi connectivity index (χ0v) is 38.3. The van der Waals surface area contributed by atoms with Gasteiger partial charge in [-0.15, -0.1) is 29.3 Å². The molecule has 0 unspecified atom stereocenters. The van der Waals surface area contributed by atoms with Crippen LogP contribution in [0.5, 0.6) is 5.75 Å². The van der Waals surface area contributed by atoms with E-state index < -0.39 is 6.85 Å². The van der Waals surface area contributed by atoms with Crippen molar-refractivity contribution in [2.45, 2.75) is 59.2 Å². The SMILES string of the molecule is [2H]C([2H])([2H])c1ccc(-c2ccnc(-c3[c-]c(-c4cccc5c4nc(-c4cc6c(cc4O)oc4ccccc46)n5-c4ccc(C(C)(C)C)cc4-c4ccccc4)cc(C(C)(C)C)c3)c2)cc1.[Pt]. The summed E-state index contributed by atoms with van der Waals surface area (Å²) in [5.74, 6) is 0.647. The monoisotopic (exact) mass is 1000 g/mol. The van der Waals surface area contributed by atoms with E-state index in [2.05, 4.69) is 125 Å². The molecule has 5 nitrogen and oxygen atoms in total. The normalized spacial score (nSPS) is 12.9. The summed E-state index contributed by atoms with van der Waals surface area (Å²) in [7, 11) is 0. The molecule has 0 atom stereocenters. The molecule has 6 heteroatoms. The minimum Gasteiger partial charge on any atom is -0.507 e. The first-order chi connectivity index (χ1) is 31.0. The van der Waals surface area contributed by atoms with Gasteiger partial charge in [0, 0.05) is 59.5 Å². The quantitative estimate of drug-likeness (QED) is 0.169. The van der Waals surface area contributed by atoms with E-state index in [1.54, 1.807) is 24.4 Å². The zero-order chi connectivity index (χ0) is 45.4. The predicted octanol–water partition coefficient (Wildman–Crippen LogP) is 15.1. The Morgan fingerprint density at radius 2 is 1.35 bits per heavy atom. The van der Waals surface area contributed by atoms with Crippen LogP contribution in [0.1, 0.15) is 62.3 Å². The number of fused-ring (bicyclic) bond motifs is 4. The fourth-order valence-corrected chi connectivity index (χ4v) is 8.43. The number of benzene rings is 7. The first kappa shape index (κ1) is 38.1. The fourth-order valence-electron chi connectivity index (χ4n) is 8.43. The van der Waals surface area contributed by atoms with Crippen LogP contribution in [-0.4, -0.2) is 19.6 Å². The molecule has 314 valence electrons. The third-order valence-corrected chi connectivity index (χ3v) is 11.9. The topological polar surface area (TPSA) is 64.1 Å². The molecule has 0 aliphatic heterocycles. The van der Waals surface area contributed by atoms with Gasteiger partial charge in [-0.25, -0.2) is 4.98 Å². The summed E-state index contributed by atoms with van der Waals surface area (Å²) >= 11 is 0. The average molecular weight is 1010 g/mol. The van der Waals surface area contributed by atoms with Gasteiger partial charge < -0.3 is 9.52 Å². The minimum atomic E-state index is -2.18. The largest absolute Gasteiger partial charge is 0.507 e. The Morgan fingerprint density at radius 1 is 0.603 bits per heavy atom. The number of furan rings is 1. The van der Waals surface area contributed by atoms with Crippen LogP contribution in [0.4, 0.5) is 0 Å². The first-order valence-electron chi connectivity index (χ1n) is 22.5. The number of para-hydroxylation sites is 2. The van der Waals surface area contributed by atoms with E-state index in [1.165, 1.54) is 5.56 Å². The molecule has 63 heavy (non-hydrogen) atoms. The standard InChI is InChI=1S/C57H48N3O2.Pt/c1-35-20-22-36(23-21-35)38-26-27-58-48(31-38)40-28-39(29-42(30-40)57(5,6)7)43-17-13-18-50-54(43)59-55(47-33-46-44-16-11-12-19-52(44)62-53(46)34-51(47)61)60(50)49-25-24-41(56(2,3)4)32-45(49)37-14-9-8-10-15-37;/h8-27,29-34,61H,1-7H3;/q-1;/i1D3;. The van der Waals surface area contributed by atoms with Gasteiger partial charge in [-0.05, 0) is 76.3 Å². The second-order valence-electron chi connectivity index (χ2n) is 18.2. The molecule has 10 rings (SSSR count). The summed E-state index contributed by atoms with van der Waals surface area (Å²) in [5, 5.41) is 13.8. The van der Waals surface area contributed by atoms with Crippen molar-refractivity contribution in [1.82, 2.24) is 14.5 Å². The van der Waals surface area contributed by atoms with E-state index in [4.69, 9.17) is 18.5 Å². The molecule has 7 aromatic carbocycles. The van der Waals surface area contributed by atoms with E-state index in [-0.39, 0.29) is 37.6 Å². The van der Waals surface area contributed by atoms with Gasteiger partial charge in [0.1, 0.15) is 22.7 Å². The summed E-state index contributed by atoms with van der Waals surface area (Å²) in [6.45, 7) is 11.1. The molecule has 10 aromatic rings. The summed E-state index contributed by atoms with van der Waals surface area (Å²) in [4.78, 5) is 10.4.